The lowest BCUT2D eigenvalue weighted by molar-refractivity contribution is -0.118. The number of carbonyl (C=O) groups excluding carboxylic acids is 1. The topological polar surface area (TPSA) is 55.3 Å². The number of ether oxygens (including phenoxy) is 1. The van der Waals surface area contributed by atoms with Crippen LogP contribution in [0.25, 0.3) is 10.6 Å². The van der Waals surface area contributed by atoms with E-state index in [-0.39, 0.29) is 5.91 Å². The third-order valence-electron chi connectivity index (χ3n) is 4.55. The monoisotopic (exact) mass is 395 g/mol. The highest BCUT2D eigenvalue weighted by molar-refractivity contribution is 7.18. The second kappa shape index (κ2) is 9.46. The normalized spacial score (nSPS) is 10.7. The van der Waals surface area contributed by atoms with Gasteiger partial charge in [-0.05, 0) is 36.6 Å². The summed E-state index contributed by atoms with van der Waals surface area (Å²) < 4.78 is 5.26. The van der Waals surface area contributed by atoms with E-state index >= 15 is 0 Å². The number of hydrogen-bond acceptors (Lipinski definition) is 5. The third-order valence-corrected chi connectivity index (χ3v) is 5.53. The summed E-state index contributed by atoms with van der Waals surface area (Å²) in [5, 5.41) is 10.2. The van der Waals surface area contributed by atoms with E-state index in [0.717, 1.165) is 40.3 Å². The summed E-state index contributed by atoms with van der Waals surface area (Å²) >= 11 is 1.46. The van der Waals surface area contributed by atoms with Crippen LogP contribution in [-0.4, -0.2) is 29.8 Å². The molecule has 0 aliphatic heterocycles. The Morgan fingerprint density at radius 1 is 1.14 bits per heavy atom. The van der Waals surface area contributed by atoms with Gasteiger partial charge in [-0.15, -0.1) is 10.2 Å². The molecule has 0 saturated heterocycles. The summed E-state index contributed by atoms with van der Waals surface area (Å²) in [7, 11) is 1.63. The number of hydrogen-bond donors (Lipinski definition) is 0. The Morgan fingerprint density at radius 3 is 2.71 bits per heavy atom. The van der Waals surface area contributed by atoms with Crippen LogP contribution in [0.1, 0.15) is 30.9 Å². The number of carbonyl (C=O) groups is 1. The Kier molecular flexibility index (Phi) is 6.76. The molecular formula is C22H25N3O2S. The number of anilines is 1. The average Bonchev–Trinajstić information content (AvgIpc) is 3.18. The molecule has 0 aliphatic rings. The summed E-state index contributed by atoms with van der Waals surface area (Å²) in [5.41, 5.74) is 3.13. The van der Waals surface area contributed by atoms with Gasteiger partial charge in [0, 0.05) is 12.1 Å². The maximum Gasteiger partial charge on any atom is 0.233 e. The zero-order valence-corrected chi connectivity index (χ0v) is 17.3. The van der Waals surface area contributed by atoms with Gasteiger partial charge in [-0.1, -0.05) is 61.1 Å². The molecule has 0 N–H and O–H groups in total. The maximum absolute atomic E-state index is 13.1. The van der Waals surface area contributed by atoms with Gasteiger partial charge < -0.3 is 4.74 Å². The number of nitrogens with zero attached hydrogens (tertiary/aromatic N) is 3. The average molecular weight is 396 g/mol. The minimum absolute atomic E-state index is 0.0224. The van der Waals surface area contributed by atoms with Gasteiger partial charge in [-0.25, -0.2) is 0 Å². The van der Waals surface area contributed by atoms with E-state index in [0.29, 0.717) is 18.1 Å². The van der Waals surface area contributed by atoms with Crippen LogP contribution < -0.4 is 9.64 Å². The summed E-state index contributed by atoms with van der Waals surface area (Å²) in [6.45, 7) is 4.81. The van der Waals surface area contributed by atoms with Gasteiger partial charge in [-0.3, -0.25) is 9.69 Å². The van der Waals surface area contributed by atoms with Crippen LogP contribution in [0.4, 0.5) is 5.13 Å². The Hall–Kier alpha value is -2.73. The van der Waals surface area contributed by atoms with Crippen LogP contribution in [0.5, 0.6) is 5.75 Å². The lowest BCUT2D eigenvalue weighted by atomic mass is 10.1. The molecule has 0 spiro atoms. The fourth-order valence-corrected chi connectivity index (χ4v) is 3.92. The van der Waals surface area contributed by atoms with E-state index in [9.17, 15) is 4.79 Å². The van der Waals surface area contributed by atoms with Crippen molar-refractivity contribution in [1.29, 1.82) is 0 Å². The molecule has 5 nitrogen and oxygen atoms in total. The van der Waals surface area contributed by atoms with E-state index in [2.05, 4.69) is 30.1 Å². The van der Waals surface area contributed by atoms with Crippen LogP contribution >= 0.6 is 11.3 Å². The lowest BCUT2D eigenvalue weighted by Crippen LogP contribution is -2.33. The molecule has 0 unspecified atom stereocenters. The van der Waals surface area contributed by atoms with Crippen LogP contribution in [0.3, 0.4) is 0 Å². The van der Waals surface area contributed by atoms with Crippen molar-refractivity contribution >= 4 is 22.4 Å². The number of methoxy groups -OCH3 is 1. The highest BCUT2D eigenvalue weighted by Crippen LogP contribution is 2.31. The van der Waals surface area contributed by atoms with Crippen LogP contribution in [0, 0.1) is 6.92 Å². The minimum atomic E-state index is 0.0224. The number of rotatable bonds is 8. The Morgan fingerprint density at radius 2 is 1.96 bits per heavy atom. The standard InChI is InChI=1S/C22H25N3O2S/c1-4-5-13-25(20(26)15-17-10-8-11-18(14-17)27-3)22-24-23-21(28-22)19-12-7-6-9-16(19)2/h6-12,14H,4-5,13,15H2,1-3H3. The van der Waals surface area contributed by atoms with Crippen LogP contribution in [0.15, 0.2) is 48.5 Å². The molecule has 0 fully saturated rings. The number of unbranched alkanes of at least 4 members (excludes halogenated alkanes) is 1. The number of aromatic nitrogens is 2. The Balaban J connectivity index is 1.83. The van der Waals surface area contributed by atoms with Crippen molar-refractivity contribution in [1.82, 2.24) is 10.2 Å². The van der Waals surface area contributed by atoms with Crippen LogP contribution in [-0.2, 0) is 11.2 Å². The molecule has 0 saturated carbocycles. The molecule has 1 amide bonds. The first-order chi connectivity index (χ1) is 13.6. The second-order valence-corrected chi connectivity index (χ2v) is 7.59. The van der Waals surface area contributed by atoms with Crippen molar-refractivity contribution < 1.29 is 9.53 Å². The van der Waals surface area contributed by atoms with Gasteiger partial charge in [0.2, 0.25) is 11.0 Å². The van der Waals surface area contributed by atoms with Gasteiger partial charge in [0.15, 0.2) is 0 Å². The van der Waals surface area contributed by atoms with Gasteiger partial charge >= 0.3 is 0 Å². The molecule has 0 radical (unpaired) electrons. The largest absolute Gasteiger partial charge is 0.497 e. The highest BCUT2D eigenvalue weighted by atomic mass is 32.1. The first-order valence-corrected chi connectivity index (χ1v) is 10.3. The summed E-state index contributed by atoms with van der Waals surface area (Å²) in [6.07, 6.45) is 2.23. The molecule has 0 atom stereocenters. The summed E-state index contributed by atoms with van der Waals surface area (Å²) in [5.74, 6) is 0.775. The molecule has 146 valence electrons. The number of amides is 1. The summed E-state index contributed by atoms with van der Waals surface area (Å²) in [4.78, 5) is 14.8. The van der Waals surface area contributed by atoms with Crippen LogP contribution in [0.2, 0.25) is 0 Å². The van der Waals surface area contributed by atoms with E-state index in [1.54, 1.807) is 12.0 Å². The Bertz CT molecular complexity index is 939. The van der Waals surface area contributed by atoms with Gasteiger partial charge in [0.05, 0.1) is 13.5 Å². The zero-order chi connectivity index (χ0) is 19.9. The van der Waals surface area contributed by atoms with E-state index in [1.807, 2.05) is 42.5 Å². The molecule has 6 heteroatoms. The quantitative estimate of drug-likeness (QED) is 0.544. The van der Waals surface area contributed by atoms with Crippen molar-refractivity contribution in [3.05, 3.63) is 59.7 Å². The van der Waals surface area contributed by atoms with E-state index in [1.165, 1.54) is 11.3 Å². The molecule has 2 aromatic carbocycles. The highest BCUT2D eigenvalue weighted by Gasteiger charge is 2.21. The fraction of sp³-hybridized carbons (Fsp3) is 0.318. The zero-order valence-electron chi connectivity index (χ0n) is 16.5. The SMILES string of the molecule is CCCCN(C(=O)Cc1cccc(OC)c1)c1nnc(-c2ccccc2C)s1. The van der Waals surface area contributed by atoms with Gasteiger partial charge in [0.1, 0.15) is 10.8 Å². The van der Waals surface area contributed by atoms with E-state index in [4.69, 9.17) is 4.74 Å². The molecule has 1 heterocycles. The molecule has 3 rings (SSSR count). The fourth-order valence-electron chi connectivity index (χ4n) is 2.94. The molecule has 0 aliphatic carbocycles. The number of benzene rings is 2. The minimum Gasteiger partial charge on any atom is -0.497 e. The van der Waals surface area contributed by atoms with Crippen molar-refractivity contribution in [2.75, 3.05) is 18.6 Å². The van der Waals surface area contributed by atoms with E-state index < -0.39 is 0 Å². The summed E-state index contributed by atoms with van der Waals surface area (Å²) in [6, 6.07) is 15.7. The molecule has 28 heavy (non-hydrogen) atoms. The van der Waals surface area contributed by atoms with Crippen molar-refractivity contribution in [3.63, 3.8) is 0 Å². The van der Waals surface area contributed by atoms with Crippen molar-refractivity contribution in [2.24, 2.45) is 0 Å². The van der Waals surface area contributed by atoms with Gasteiger partial charge in [-0.2, -0.15) is 0 Å². The molecular weight excluding hydrogens is 370 g/mol. The number of aryl methyl sites for hydroxylation is 1. The predicted molar refractivity (Wildman–Crippen MR) is 114 cm³/mol. The predicted octanol–water partition coefficient (Wildman–Crippen LogP) is 4.90. The maximum atomic E-state index is 13.1. The van der Waals surface area contributed by atoms with Crippen molar-refractivity contribution in [3.8, 4) is 16.3 Å². The molecule has 0 bridgehead atoms. The lowest BCUT2D eigenvalue weighted by Gasteiger charge is -2.19. The molecule has 3 aromatic rings. The first kappa shape index (κ1) is 20.0. The van der Waals surface area contributed by atoms with Crippen molar-refractivity contribution in [2.45, 2.75) is 33.1 Å². The first-order valence-electron chi connectivity index (χ1n) is 9.45. The second-order valence-electron chi connectivity index (χ2n) is 6.63. The molecule has 1 aromatic heterocycles. The third kappa shape index (κ3) is 4.75. The van der Waals surface area contributed by atoms with Gasteiger partial charge in [0.25, 0.3) is 0 Å². The Labute approximate surface area is 170 Å². The smallest absolute Gasteiger partial charge is 0.233 e.